The predicted octanol–water partition coefficient (Wildman–Crippen LogP) is 4.25. The summed E-state index contributed by atoms with van der Waals surface area (Å²) in [4.78, 5) is 0.820. The number of hydrogen-bond donors (Lipinski definition) is 1. The molecular weight excluding hydrogens is 324 g/mol. The number of halogens is 2. The molecule has 90 valence electrons. The predicted molar refractivity (Wildman–Crippen MR) is 74.1 cm³/mol. The average molecular weight is 334 g/mol. The molecule has 0 saturated carbocycles. The SMILES string of the molecule is COc1ccc(C(O)c2ccc(Cl)s2)c(Br)c1. The molecule has 0 aliphatic carbocycles. The first kappa shape index (κ1) is 12.9. The maximum atomic E-state index is 10.2. The van der Waals surface area contributed by atoms with Gasteiger partial charge in [-0.25, -0.2) is 0 Å². The summed E-state index contributed by atoms with van der Waals surface area (Å²) < 4.78 is 6.59. The van der Waals surface area contributed by atoms with Gasteiger partial charge in [-0.15, -0.1) is 11.3 Å². The molecule has 0 aliphatic heterocycles. The van der Waals surface area contributed by atoms with Crippen molar-refractivity contribution in [3.63, 3.8) is 0 Å². The highest BCUT2D eigenvalue weighted by atomic mass is 79.9. The first-order chi connectivity index (χ1) is 8.11. The van der Waals surface area contributed by atoms with Gasteiger partial charge in [0.2, 0.25) is 0 Å². The van der Waals surface area contributed by atoms with Crippen molar-refractivity contribution in [3.05, 3.63) is 49.6 Å². The van der Waals surface area contributed by atoms with Crippen LogP contribution in [0.25, 0.3) is 0 Å². The van der Waals surface area contributed by atoms with Gasteiger partial charge in [-0.1, -0.05) is 33.6 Å². The molecule has 0 spiro atoms. The summed E-state index contributed by atoms with van der Waals surface area (Å²) >= 11 is 10.7. The standard InChI is InChI=1S/C12H10BrClO2S/c1-16-7-2-3-8(9(13)6-7)12(15)10-4-5-11(14)17-10/h2-6,12,15H,1H3. The van der Waals surface area contributed by atoms with Crippen LogP contribution >= 0.6 is 38.9 Å². The number of ether oxygens (including phenoxy) is 1. The van der Waals surface area contributed by atoms with Crippen molar-refractivity contribution in [3.8, 4) is 5.75 Å². The topological polar surface area (TPSA) is 29.5 Å². The van der Waals surface area contributed by atoms with E-state index in [9.17, 15) is 5.11 Å². The summed E-state index contributed by atoms with van der Waals surface area (Å²) in [7, 11) is 1.61. The second-order valence-electron chi connectivity index (χ2n) is 3.43. The van der Waals surface area contributed by atoms with E-state index in [0.29, 0.717) is 4.34 Å². The molecule has 17 heavy (non-hydrogen) atoms. The molecule has 0 fully saturated rings. The fourth-order valence-electron chi connectivity index (χ4n) is 1.49. The van der Waals surface area contributed by atoms with Crippen molar-refractivity contribution in [2.75, 3.05) is 7.11 Å². The second kappa shape index (κ2) is 5.40. The Morgan fingerprint density at radius 3 is 2.65 bits per heavy atom. The van der Waals surface area contributed by atoms with Crippen LogP contribution in [0.5, 0.6) is 5.75 Å². The van der Waals surface area contributed by atoms with Crippen molar-refractivity contribution >= 4 is 38.9 Å². The Labute approximate surface area is 117 Å². The number of methoxy groups -OCH3 is 1. The van der Waals surface area contributed by atoms with E-state index < -0.39 is 6.10 Å². The first-order valence-corrected chi connectivity index (χ1v) is 6.87. The van der Waals surface area contributed by atoms with E-state index in [-0.39, 0.29) is 0 Å². The highest BCUT2D eigenvalue weighted by Crippen LogP contribution is 2.35. The van der Waals surface area contributed by atoms with Gasteiger partial charge in [0.1, 0.15) is 11.9 Å². The Balaban J connectivity index is 2.34. The molecule has 2 aromatic rings. The fraction of sp³-hybridized carbons (Fsp3) is 0.167. The lowest BCUT2D eigenvalue weighted by molar-refractivity contribution is 0.223. The van der Waals surface area contributed by atoms with Crippen LogP contribution < -0.4 is 4.74 Å². The Bertz CT molecular complexity index is 527. The highest BCUT2D eigenvalue weighted by molar-refractivity contribution is 9.10. The van der Waals surface area contributed by atoms with E-state index in [1.807, 2.05) is 24.3 Å². The van der Waals surface area contributed by atoms with Gasteiger partial charge in [0.05, 0.1) is 11.4 Å². The summed E-state index contributed by atoms with van der Waals surface area (Å²) in [6.07, 6.45) is -0.673. The molecular formula is C12H10BrClO2S. The zero-order valence-corrected chi connectivity index (χ0v) is 12.1. The zero-order chi connectivity index (χ0) is 12.4. The molecule has 1 aromatic heterocycles. The maximum absolute atomic E-state index is 10.2. The van der Waals surface area contributed by atoms with Crippen LogP contribution in [0.4, 0.5) is 0 Å². The lowest BCUT2D eigenvalue weighted by Gasteiger charge is -2.12. The third-order valence-electron chi connectivity index (χ3n) is 2.37. The first-order valence-electron chi connectivity index (χ1n) is 4.88. The van der Waals surface area contributed by atoms with Crippen LogP contribution in [0.3, 0.4) is 0 Å². The second-order valence-corrected chi connectivity index (χ2v) is 6.03. The number of aliphatic hydroxyl groups is 1. The summed E-state index contributed by atoms with van der Waals surface area (Å²) in [5, 5.41) is 10.2. The van der Waals surface area contributed by atoms with Gasteiger partial charge < -0.3 is 9.84 Å². The van der Waals surface area contributed by atoms with Gasteiger partial charge in [-0.05, 0) is 24.3 Å². The third-order valence-corrected chi connectivity index (χ3v) is 4.34. The average Bonchev–Trinajstić information content (AvgIpc) is 2.75. The molecule has 0 amide bonds. The number of aliphatic hydroxyl groups excluding tert-OH is 1. The number of rotatable bonds is 3. The van der Waals surface area contributed by atoms with Gasteiger partial charge in [0, 0.05) is 14.9 Å². The van der Waals surface area contributed by atoms with Crippen LogP contribution in [0.2, 0.25) is 4.34 Å². The van der Waals surface area contributed by atoms with Crippen LogP contribution in [0.1, 0.15) is 16.5 Å². The maximum Gasteiger partial charge on any atom is 0.120 e. The van der Waals surface area contributed by atoms with Gasteiger partial charge in [-0.3, -0.25) is 0 Å². The molecule has 5 heteroatoms. The molecule has 1 aromatic carbocycles. The quantitative estimate of drug-likeness (QED) is 0.909. The van der Waals surface area contributed by atoms with Gasteiger partial charge in [0.25, 0.3) is 0 Å². The van der Waals surface area contributed by atoms with Crippen LogP contribution in [0.15, 0.2) is 34.8 Å². The Morgan fingerprint density at radius 1 is 1.35 bits per heavy atom. The Kier molecular flexibility index (Phi) is 4.09. The lowest BCUT2D eigenvalue weighted by atomic mass is 10.1. The zero-order valence-electron chi connectivity index (χ0n) is 8.98. The molecule has 1 unspecified atom stereocenters. The monoisotopic (exact) mass is 332 g/mol. The smallest absolute Gasteiger partial charge is 0.120 e. The van der Waals surface area contributed by atoms with Crippen LogP contribution in [-0.4, -0.2) is 12.2 Å². The number of benzene rings is 1. The van der Waals surface area contributed by atoms with E-state index in [4.69, 9.17) is 16.3 Å². The van der Waals surface area contributed by atoms with Crippen molar-refractivity contribution in [1.82, 2.24) is 0 Å². The van der Waals surface area contributed by atoms with Crippen molar-refractivity contribution in [2.45, 2.75) is 6.10 Å². The molecule has 0 aliphatic rings. The summed E-state index contributed by atoms with van der Waals surface area (Å²) in [6, 6.07) is 9.09. The minimum absolute atomic E-state index is 0.670. The van der Waals surface area contributed by atoms with E-state index in [2.05, 4.69) is 15.9 Å². The normalized spacial score (nSPS) is 12.5. The summed E-state index contributed by atoms with van der Waals surface area (Å²) in [6.45, 7) is 0. The molecule has 2 nitrogen and oxygen atoms in total. The van der Waals surface area contributed by atoms with Crippen molar-refractivity contribution in [2.24, 2.45) is 0 Å². The molecule has 0 bridgehead atoms. The minimum Gasteiger partial charge on any atom is -0.497 e. The highest BCUT2D eigenvalue weighted by Gasteiger charge is 2.16. The van der Waals surface area contributed by atoms with Crippen molar-refractivity contribution < 1.29 is 9.84 Å². The van der Waals surface area contributed by atoms with Crippen LogP contribution in [0, 0.1) is 0 Å². The largest absolute Gasteiger partial charge is 0.497 e. The molecule has 2 rings (SSSR count). The minimum atomic E-state index is -0.673. The van der Waals surface area contributed by atoms with Gasteiger partial charge in [0.15, 0.2) is 0 Å². The molecule has 1 heterocycles. The lowest BCUT2D eigenvalue weighted by Crippen LogP contribution is -1.98. The van der Waals surface area contributed by atoms with Gasteiger partial charge in [-0.2, -0.15) is 0 Å². The molecule has 0 radical (unpaired) electrons. The number of hydrogen-bond acceptors (Lipinski definition) is 3. The summed E-state index contributed by atoms with van der Waals surface area (Å²) in [5.41, 5.74) is 0.796. The Morgan fingerprint density at radius 2 is 2.12 bits per heavy atom. The van der Waals surface area contributed by atoms with E-state index in [1.54, 1.807) is 13.2 Å². The van der Waals surface area contributed by atoms with E-state index in [1.165, 1.54) is 11.3 Å². The van der Waals surface area contributed by atoms with Gasteiger partial charge >= 0.3 is 0 Å². The van der Waals surface area contributed by atoms with Crippen LogP contribution in [-0.2, 0) is 0 Å². The molecule has 0 saturated heterocycles. The fourth-order valence-corrected chi connectivity index (χ4v) is 3.13. The number of thiophene rings is 1. The summed E-state index contributed by atoms with van der Waals surface area (Å²) in [5.74, 6) is 0.747. The van der Waals surface area contributed by atoms with E-state index in [0.717, 1.165) is 20.7 Å². The third kappa shape index (κ3) is 2.83. The molecule has 1 N–H and O–H groups in total. The van der Waals surface area contributed by atoms with E-state index >= 15 is 0 Å². The van der Waals surface area contributed by atoms with Crippen molar-refractivity contribution in [1.29, 1.82) is 0 Å². The molecule has 1 atom stereocenters. The Hall–Kier alpha value is -0.550.